The summed E-state index contributed by atoms with van der Waals surface area (Å²) in [5.74, 6) is -3.19. The van der Waals surface area contributed by atoms with Crippen LogP contribution in [0.15, 0.2) is 109 Å². The van der Waals surface area contributed by atoms with Gasteiger partial charge in [-0.2, -0.15) is 0 Å². The third kappa shape index (κ3) is 45.6. The summed E-state index contributed by atoms with van der Waals surface area (Å²) < 4.78 is 28.5. The van der Waals surface area contributed by atoms with E-state index < -0.39 is 67.3 Å². The van der Waals surface area contributed by atoms with Crippen LogP contribution in [0.2, 0.25) is 0 Å². The van der Waals surface area contributed by atoms with Crippen LogP contribution >= 0.6 is 0 Å². The van der Waals surface area contributed by atoms with Gasteiger partial charge in [-0.25, -0.2) is 4.79 Å². The lowest BCUT2D eigenvalue weighted by Gasteiger charge is -2.40. The Morgan fingerprint density at radius 2 is 0.802 bits per heavy atom. The van der Waals surface area contributed by atoms with Crippen LogP contribution in [0.5, 0.6) is 0 Å². The van der Waals surface area contributed by atoms with Crippen molar-refractivity contribution in [3.05, 3.63) is 109 Å². The van der Waals surface area contributed by atoms with Gasteiger partial charge in [0, 0.05) is 19.3 Å². The van der Waals surface area contributed by atoms with E-state index in [9.17, 15) is 34.5 Å². The number of aliphatic carboxylic acids is 1. The molecule has 0 aliphatic carbocycles. The lowest BCUT2D eigenvalue weighted by atomic mass is 9.98. The molecule has 1 saturated heterocycles. The topological polar surface area (TPSA) is 175 Å². The van der Waals surface area contributed by atoms with Gasteiger partial charge < -0.3 is 39.0 Å². The first-order valence-corrected chi connectivity index (χ1v) is 31.9. The zero-order valence-corrected chi connectivity index (χ0v) is 50.7. The highest BCUT2D eigenvalue weighted by atomic mass is 16.7. The molecular weight excluding hydrogens is 1020 g/mol. The molecule has 0 spiro atoms. The van der Waals surface area contributed by atoms with Gasteiger partial charge in [-0.1, -0.05) is 220 Å². The number of aliphatic hydroxyl groups excluding tert-OH is 2. The van der Waals surface area contributed by atoms with Crippen molar-refractivity contribution in [3.63, 3.8) is 0 Å². The number of carboxylic acids is 1. The third-order valence-electron chi connectivity index (χ3n) is 13.8. The summed E-state index contributed by atoms with van der Waals surface area (Å²) in [5.41, 5.74) is 0. The van der Waals surface area contributed by atoms with Crippen molar-refractivity contribution in [2.75, 3.05) is 13.2 Å². The summed E-state index contributed by atoms with van der Waals surface area (Å²) in [7, 11) is 0. The summed E-state index contributed by atoms with van der Waals surface area (Å²) in [6, 6.07) is 0. The Morgan fingerprint density at radius 3 is 1.25 bits per heavy atom. The Morgan fingerprint density at radius 1 is 0.420 bits per heavy atom. The third-order valence-corrected chi connectivity index (χ3v) is 13.8. The Balaban J connectivity index is 2.68. The number of hydrogen-bond donors (Lipinski definition) is 3. The highest BCUT2D eigenvalue weighted by molar-refractivity contribution is 5.74. The van der Waals surface area contributed by atoms with Crippen LogP contribution in [0.4, 0.5) is 0 Å². The fraction of sp³-hybridized carbons (Fsp3) is 0.681. The van der Waals surface area contributed by atoms with E-state index >= 15 is 0 Å². The molecule has 0 aromatic rings. The summed E-state index contributed by atoms with van der Waals surface area (Å²) in [4.78, 5) is 51.3. The fourth-order valence-corrected chi connectivity index (χ4v) is 8.93. The zero-order valence-electron chi connectivity index (χ0n) is 50.7. The zero-order chi connectivity index (χ0) is 58.9. The molecule has 0 aromatic carbocycles. The van der Waals surface area contributed by atoms with Crippen molar-refractivity contribution in [1.82, 2.24) is 0 Å². The Bertz CT molecular complexity index is 1820. The van der Waals surface area contributed by atoms with E-state index in [0.717, 1.165) is 135 Å². The SMILES string of the molecule is CC/C=C\C/C=C\C/C=C\C/C=C\C/C=C\CCCCCC(=O)OC1C(OCC(COC(=O)CCCCCCCCCCC/C=C\C/C=C\CCCCC)OC(=O)CCCCCCC/C=C\C/C=C\CCC)OC(C(=O)O)C(O)C1O. The van der Waals surface area contributed by atoms with Crippen molar-refractivity contribution >= 4 is 23.9 Å². The van der Waals surface area contributed by atoms with Gasteiger partial charge in [0.25, 0.3) is 0 Å². The number of carboxylic acid groups (broad SMARTS) is 1. The van der Waals surface area contributed by atoms with E-state index in [1.54, 1.807) is 0 Å². The number of rotatable bonds is 53. The van der Waals surface area contributed by atoms with Gasteiger partial charge in [-0.3, -0.25) is 14.4 Å². The smallest absolute Gasteiger partial charge is 0.335 e. The van der Waals surface area contributed by atoms with Crippen LogP contribution in [0.1, 0.15) is 252 Å². The molecule has 460 valence electrons. The predicted octanol–water partition coefficient (Wildman–Crippen LogP) is 17.0. The number of allylic oxidation sites excluding steroid dienone is 18. The van der Waals surface area contributed by atoms with Gasteiger partial charge in [-0.15, -0.1) is 0 Å². The molecule has 0 saturated carbocycles. The number of ether oxygens (including phenoxy) is 5. The highest BCUT2D eigenvalue weighted by Crippen LogP contribution is 2.26. The van der Waals surface area contributed by atoms with Crippen LogP contribution in [0.25, 0.3) is 0 Å². The van der Waals surface area contributed by atoms with Crippen LogP contribution < -0.4 is 0 Å². The summed E-state index contributed by atoms with van der Waals surface area (Å²) in [6.45, 7) is 5.77. The van der Waals surface area contributed by atoms with Crippen LogP contribution in [0, 0.1) is 0 Å². The number of carbonyl (C=O) groups excluding carboxylic acids is 3. The molecule has 6 atom stereocenters. The molecule has 0 aromatic heterocycles. The molecule has 1 heterocycles. The van der Waals surface area contributed by atoms with Crippen molar-refractivity contribution in [3.8, 4) is 0 Å². The molecule has 0 bridgehead atoms. The Hall–Kier alpha value is -4.62. The van der Waals surface area contributed by atoms with Gasteiger partial charge >= 0.3 is 23.9 Å². The molecular formula is C69H112O12. The van der Waals surface area contributed by atoms with Crippen LogP contribution in [-0.2, 0) is 42.9 Å². The molecule has 1 aliphatic rings. The standard InChI is InChI=1S/C69H112O12/c1-4-7-10-13-16-19-22-25-27-29-31-33-35-38-40-43-46-49-52-55-61(70)77-58-60(79-62(71)56-53-50-47-44-41-37-24-21-18-15-12-9-6-3)59-78-69-67(65(74)64(73)66(81-69)68(75)76)80-63(72)57-54-51-48-45-42-39-36-34-32-30-28-26-23-20-17-14-11-8-5-2/h8,11-12,15-17,19-21,24-28,32,34,39,42,60,64-67,69,73-74H,4-7,9-10,13-14,18,22-23,29-31,33,35-38,40-41,43-59H2,1-3H3,(H,75,76)/b11-8-,15-12-,19-16-,20-17-,24-21-,27-25-,28-26-,34-32-,42-39-. The monoisotopic (exact) mass is 1130 g/mol. The van der Waals surface area contributed by atoms with Gasteiger partial charge in [0.2, 0.25) is 0 Å². The molecule has 1 fully saturated rings. The minimum absolute atomic E-state index is 0.0144. The van der Waals surface area contributed by atoms with Crippen molar-refractivity contribution in [2.45, 2.75) is 289 Å². The number of unbranched alkanes of at least 4 members (excludes halogenated alkanes) is 21. The molecule has 1 aliphatic heterocycles. The minimum Gasteiger partial charge on any atom is -0.479 e. The number of aliphatic hydroxyl groups is 2. The highest BCUT2D eigenvalue weighted by Gasteiger charge is 2.50. The maximum atomic E-state index is 13.2. The Labute approximate surface area is 491 Å². The summed E-state index contributed by atoms with van der Waals surface area (Å²) >= 11 is 0. The number of carbonyl (C=O) groups is 4. The average molecular weight is 1130 g/mol. The van der Waals surface area contributed by atoms with Crippen LogP contribution in [-0.4, -0.2) is 89.2 Å². The summed E-state index contributed by atoms with van der Waals surface area (Å²) in [6.07, 6.45) is 63.3. The van der Waals surface area contributed by atoms with E-state index in [-0.39, 0.29) is 25.9 Å². The normalized spacial score (nSPS) is 18.5. The minimum atomic E-state index is -1.92. The summed E-state index contributed by atoms with van der Waals surface area (Å²) in [5, 5.41) is 31.6. The van der Waals surface area contributed by atoms with E-state index in [0.29, 0.717) is 19.3 Å². The predicted molar refractivity (Wildman–Crippen MR) is 330 cm³/mol. The quantitative estimate of drug-likeness (QED) is 0.0228. The number of hydrogen-bond acceptors (Lipinski definition) is 11. The first kappa shape index (κ1) is 74.4. The van der Waals surface area contributed by atoms with Gasteiger partial charge in [0.15, 0.2) is 24.6 Å². The first-order valence-electron chi connectivity index (χ1n) is 31.9. The van der Waals surface area contributed by atoms with Gasteiger partial charge in [0.05, 0.1) is 6.61 Å². The molecule has 6 unspecified atom stereocenters. The lowest BCUT2D eigenvalue weighted by molar-refractivity contribution is -0.301. The molecule has 12 heteroatoms. The van der Waals surface area contributed by atoms with E-state index in [1.807, 2.05) is 0 Å². The van der Waals surface area contributed by atoms with Crippen molar-refractivity contribution in [1.29, 1.82) is 0 Å². The average Bonchev–Trinajstić information content (AvgIpc) is 3.54. The second kappa shape index (κ2) is 55.9. The fourth-order valence-electron chi connectivity index (χ4n) is 8.93. The maximum Gasteiger partial charge on any atom is 0.335 e. The molecule has 12 nitrogen and oxygen atoms in total. The molecule has 81 heavy (non-hydrogen) atoms. The number of esters is 3. The van der Waals surface area contributed by atoms with E-state index in [2.05, 4.69) is 130 Å². The van der Waals surface area contributed by atoms with Gasteiger partial charge in [-0.05, 0) is 122 Å². The van der Waals surface area contributed by atoms with Crippen molar-refractivity contribution in [2.24, 2.45) is 0 Å². The molecule has 3 N–H and O–H groups in total. The van der Waals surface area contributed by atoms with E-state index in [1.165, 1.54) is 57.8 Å². The maximum absolute atomic E-state index is 13.2. The van der Waals surface area contributed by atoms with Crippen LogP contribution in [0.3, 0.4) is 0 Å². The first-order chi connectivity index (χ1) is 39.6. The molecule has 0 amide bonds. The Kier molecular flexibility index (Phi) is 51.3. The molecule has 1 rings (SSSR count). The lowest BCUT2D eigenvalue weighted by Crippen LogP contribution is -2.61. The second-order valence-corrected chi connectivity index (χ2v) is 21.3. The van der Waals surface area contributed by atoms with Gasteiger partial charge in [0.1, 0.15) is 18.8 Å². The van der Waals surface area contributed by atoms with Crippen molar-refractivity contribution < 1.29 is 58.2 Å². The molecule has 0 radical (unpaired) electrons. The largest absolute Gasteiger partial charge is 0.479 e. The van der Waals surface area contributed by atoms with E-state index in [4.69, 9.17) is 23.7 Å². The second-order valence-electron chi connectivity index (χ2n) is 21.3.